The lowest BCUT2D eigenvalue weighted by Gasteiger charge is -2.31. The predicted molar refractivity (Wildman–Crippen MR) is 95.7 cm³/mol. The number of benzene rings is 2. The number of amides is 1. The molecule has 1 saturated heterocycles. The summed E-state index contributed by atoms with van der Waals surface area (Å²) in [7, 11) is 1.92. The minimum absolute atomic E-state index is 0.0323. The molecule has 4 heteroatoms. The maximum absolute atomic E-state index is 12.8. The molecule has 1 aliphatic rings. The van der Waals surface area contributed by atoms with Crippen LogP contribution in [0.5, 0.6) is 0 Å². The first-order chi connectivity index (χ1) is 11.8. The van der Waals surface area contributed by atoms with Crippen LogP contribution in [0.4, 0.5) is 5.69 Å². The summed E-state index contributed by atoms with van der Waals surface area (Å²) in [5, 5.41) is 6.16. The van der Waals surface area contributed by atoms with Crippen molar-refractivity contribution in [2.45, 2.75) is 25.5 Å². The van der Waals surface area contributed by atoms with Gasteiger partial charge in [-0.1, -0.05) is 42.5 Å². The molecular weight excluding hydrogens is 300 g/mol. The summed E-state index contributed by atoms with van der Waals surface area (Å²) in [6.45, 7) is 1.53. The smallest absolute Gasteiger partial charge is 0.230 e. The summed E-state index contributed by atoms with van der Waals surface area (Å²) in [5.41, 5.74) is 3.10. The molecule has 24 heavy (non-hydrogen) atoms. The van der Waals surface area contributed by atoms with Crippen molar-refractivity contribution in [2.75, 3.05) is 19.0 Å². The predicted octanol–water partition coefficient (Wildman–Crippen LogP) is 3.51. The zero-order valence-electron chi connectivity index (χ0n) is 14.0. The van der Waals surface area contributed by atoms with Crippen LogP contribution in [0.25, 0.3) is 0 Å². The fourth-order valence-electron chi connectivity index (χ4n) is 3.17. The van der Waals surface area contributed by atoms with Crippen LogP contribution in [-0.4, -0.2) is 19.6 Å². The number of nitrogens with one attached hydrogen (secondary N) is 2. The van der Waals surface area contributed by atoms with E-state index in [4.69, 9.17) is 4.74 Å². The minimum atomic E-state index is -0.163. The van der Waals surface area contributed by atoms with Crippen LogP contribution in [0.3, 0.4) is 0 Å². The molecule has 4 nitrogen and oxygen atoms in total. The van der Waals surface area contributed by atoms with E-state index in [9.17, 15) is 4.79 Å². The van der Waals surface area contributed by atoms with E-state index in [1.54, 1.807) is 0 Å². The Balaban J connectivity index is 1.70. The van der Waals surface area contributed by atoms with Gasteiger partial charge in [-0.25, -0.2) is 0 Å². The quantitative estimate of drug-likeness (QED) is 0.885. The van der Waals surface area contributed by atoms with Gasteiger partial charge in [-0.15, -0.1) is 0 Å². The first-order valence-corrected chi connectivity index (χ1v) is 8.49. The third-order valence-electron chi connectivity index (χ3n) is 4.39. The molecule has 2 N–H and O–H groups in total. The summed E-state index contributed by atoms with van der Waals surface area (Å²) in [5.74, 6) is -0.122. The molecule has 2 aromatic carbocycles. The van der Waals surface area contributed by atoms with Gasteiger partial charge in [0, 0.05) is 18.8 Å². The Morgan fingerprint density at radius 2 is 1.88 bits per heavy atom. The van der Waals surface area contributed by atoms with E-state index < -0.39 is 0 Å². The highest BCUT2D eigenvalue weighted by Crippen LogP contribution is 2.34. The summed E-state index contributed by atoms with van der Waals surface area (Å²) >= 11 is 0. The van der Waals surface area contributed by atoms with Crippen LogP contribution in [0.1, 0.15) is 30.1 Å². The Kier molecular flexibility index (Phi) is 5.62. The van der Waals surface area contributed by atoms with Crippen molar-refractivity contribution in [1.82, 2.24) is 5.32 Å². The second-order valence-electron chi connectivity index (χ2n) is 6.17. The highest BCUT2D eigenvalue weighted by molar-refractivity contribution is 5.93. The van der Waals surface area contributed by atoms with Gasteiger partial charge >= 0.3 is 0 Å². The van der Waals surface area contributed by atoms with Gasteiger partial charge in [-0.05, 0) is 43.1 Å². The Labute approximate surface area is 143 Å². The molecule has 1 amide bonds. The molecule has 2 unspecified atom stereocenters. The number of hydrogen-bond acceptors (Lipinski definition) is 3. The van der Waals surface area contributed by atoms with Crippen LogP contribution in [0.2, 0.25) is 0 Å². The molecule has 2 atom stereocenters. The lowest BCUT2D eigenvalue weighted by Crippen LogP contribution is -2.33. The molecule has 126 valence electrons. The highest BCUT2D eigenvalue weighted by Gasteiger charge is 2.33. The number of carbonyl (C=O) groups excluding carboxylic acids is 1. The van der Waals surface area contributed by atoms with E-state index >= 15 is 0 Å². The van der Waals surface area contributed by atoms with Crippen molar-refractivity contribution in [1.29, 1.82) is 0 Å². The zero-order chi connectivity index (χ0) is 16.8. The van der Waals surface area contributed by atoms with Gasteiger partial charge < -0.3 is 15.4 Å². The summed E-state index contributed by atoms with van der Waals surface area (Å²) in [6.07, 6.45) is 1.61. The maximum Gasteiger partial charge on any atom is 0.230 e. The van der Waals surface area contributed by atoms with Crippen molar-refractivity contribution in [3.8, 4) is 0 Å². The monoisotopic (exact) mass is 324 g/mol. The number of ether oxygens (including phenoxy) is 1. The van der Waals surface area contributed by atoms with Crippen LogP contribution >= 0.6 is 0 Å². The van der Waals surface area contributed by atoms with Gasteiger partial charge in [0.1, 0.15) is 0 Å². The van der Waals surface area contributed by atoms with Crippen molar-refractivity contribution >= 4 is 11.6 Å². The van der Waals surface area contributed by atoms with E-state index in [2.05, 4.69) is 10.6 Å². The average Bonchev–Trinajstić information content (AvgIpc) is 2.64. The Bertz CT molecular complexity index is 655. The molecule has 1 heterocycles. The zero-order valence-corrected chi connectivity index (χ0v) is 14.0. The first-order valence-electron chi connectivity index (χ1n) is 8.49. The molecule has 2 aromatic rings. The molecule has 1 fully saturated rings. The van der Waals surface area contributed by atoms with Crippen molar-refractivity contribution in [3.05, 3.63) is 65.7 Å². The van der Waals surface area contributed by atoms with E-state index in [0.717, 1.165) is 30.6 Å². The Hall–Kier alpha value is -2.17. The molecule has 0 bridgehead atoms. The van der Waals surface area contributed by atoms with Crippen molar-refractivity contribution < 1.29 is 9.53 Å². The molecule has 0 saturated carbocycles. The van der Waals surface area contributed by atoms with Gasteiger partial charge in [-0.3, -0.25) is 4.79 Å². The Morgan fingerprint density at radius 3 is 2.58 bits per heavy atom. The third-order valence-corrected chi connectivity index (χ3v) is 4.39. The third kappa shape index (κ3) is 4.02. The summed E-state index contributed by atoms with van der Waals surface area (Å²) in [4.78, 5) is 12.8. The molecule has 1 aliphatic heterocycles. The molecular formula is C20H24N2O2. The van der Waals surface area contributed by atoms with E-state index in [1.165, 1.54) is 5.56 Å². The lowest BCUT2D eigenvalue weighted by atomic mass is 9.88. The van der Waals surface area contributed by atoms with Crippen LogP contribution in [0, 0.1) is 5.92 Å². The number of carbonyl (C=O) groups is 1. The van der Waals surface area contributed by atoms with Gasteiger partial charge in [0.2, 0.25) is 5.91 Å². The average molecular weight is 324 g/mol. The van der Waals surface area contributed by atoms with Gasteiger partial charge in [0.25, 0.3) is 0 Å². The fourth-order valence-corrected chi connectivity index (χ4v) is 3.17. The summed E-state index contributed by atoms with van der Waals surface area (Å²) < 4.78 is 5.92. The number of hydrogen-bond donors (Lipinski definition) is 2. The molecule has 0 aliphatic carbocycles. The van der Waals surface area contributed by atoms with E-state index in [-0.39, 0.29) is 17.9 Å². The van der Waals surface area contributed by atoms with Gasteiger partial charge in [0.15, 0.2) is 0 Å². The van der Waals surface area contributed by atoms with Gasteiger partial charge in [-0.2, -0.15) is 0 Å². The van der Waals surface area contributed by atoms with Gasteiger partial charge in [0.05, 0.1) is 12.0 Å². The normalized spacial score (nSPS) is 20.5. The van der Waals surface area contributed by atoms with E-state index in [0.29, 0.717) is 6.61 Å². The van der Waals surface area contributed by atoms with Crippen LogP contribution < -0.4 is 10.6 Å². The minimum Gasteiger partial charge on any atom is -0.373 e. The SMILES string of the molecule is CNCc1ccc(NC(=O)C2CCCOC2c2ccccc2)cc1. The molecule has 0 spiro atoms. The summed E-state index contributed by atoms with van der Waals surface area (Å²) in [6, 6.07) is 18.0. The van der Waals surface area contributed by atoms with Crippen LogP contribution in [0.15, 0.2) is 54.6 Å². The highest BCUT2D eigenvalue weighted by atomic mass is 16.5. The second kappa shape index (κ2) is 8.08. The van der Waals surface area contributed by atoms with Crippen molar-refractivity contribution in [2.24, 2.45) is 5.92 Å². The first kappa shape index (κ1) is 16.7. The Morgan fingerprint density at radius 1 is 1.12 bits per heavy atom. The van der Waals surface area contributed by atoms with E-state index in [1.807, 2.05) is 61.6 Å². The topological polar surface area (TPSA) is 50.4 Å². The molecule has 3 rings (SSSR count). The second-order valence-corrected chi connectivity index (χ2v) is 6.17. The largest absolute Gasteiger partial charge is 0.373 e. The number of anilines is 1. The standard InChI is InChI=1S/C20H24N2O2/c1-21-14-15-9-11-17(12-10-15)22-20(23)18-8-5-13-24-19(18)16-6-3-2-4-7-16/h2-4,6-7,9-12,18-19,21H,5,8,13-14H2,1H3,(H,22,23). The maximum atomic E-state index is 12.8. The van der Waals surface area contributed by atoms with Crippen LogP contribution in [-0.2, 0) is 16.1 Å². The fraction of sp³-hybridized carbons (Fsp3) is 0.350. The molecule has 0 aromatic heterocycles. The lowest BCUT2D eigenvalue weighted by molar-refractivity contribution is -0.129. The number of rotatable bonds is 5. The van der Waals surface area contributed by atoms with Crippen molar-refractivity contribution in [3.63, 3.8) is 0 Å². The molecule has 0 radical (unpaired) electrons.